The lowest BCUT2D eigenvalue weighted by Gasteiger charge is -2.16. The van der Waals surface area contributed by atoms with Crippen LogP contribution < -0.4 is 15.6 Å². The first-order valence-corrected chi connectivity index (χ1v) is 10.0. The summed E-state index contributed by atoms with van der Waals surface area (Å²) in [6.07, 6.45) is 5.51. The van der Waals surface area contributed by atoms with Gasteiger partial charge in [-0.25, -0.2) is 0 Å². The molecule has 0 radical (unpaired) electrons. The second kappa shape index (κ2) is 9.41. The van der Waals surface area contributed by atoms with Crippen LogP contribution in [0.5, 0.6) is 5.75 Å². The predicted molar refractivity (Wildman–Crippen MR) is 112 cm³/mol. The van der Waals surface area contributed by atoms with Gasteiger partial charge in [0.05, 0.1) is 12.2 Å². The molecule has 7 heteroatoms. The van der Waals surface area contributed by atoms with Gasteiger partial charge in [0, 0.05) is 31.9 Å². The molecule has 3 rings (SSSR count). The lowest BCUT2D eigenvalue weighted by atomic mass is 10.2. The van der Waals surface area contributed by atoms with E-state index < -0.39 is 5.91 Å². The summed E-state index contributed by atoms with van der Waals surface area (Å²) in [6.45, 7) is 4.16. The van der Waals surface area contributed by atoms with Crippen LogP contribution in [0.1, 0.15) is 53.3 Å². The number of aryl methyl sites for hydroxylation is 1. The summed E-state index contributed by atoms with van der Waals surface area (Å²) >= 11 is 0. The molecule has 0 saturated carbocycles. The number of likely N-dealkylation sites (tertiary alicyclic amines) is 1. The molecular weight excluding hydrogens is 370 g/mol. The number of nitrogens with zero attached hydrogens (tertiary/aromatic N) is 2. The molecule has 1 aliphatic rings. The Morgan fingerprint density at radius 3 is 2.45 bits per heavy atom. The standard InChI is InChI=1S/C22H27N3O4/c1-3-4-13-29-18-9-7-16(8-10-18)20(26)23-19-14-17(15-24(2)22(19)28)21(27)25-11-5-6-12-25/h7-10,14-15H,3-6,11-13H2,1-2H3,(H,23,26). The number of pyridine rings is 1. The van der Waals surface area contributed by atoms with Crippen molar-refractivity contribution >= 4 is 17.5 Å². The fourth-order valence-electron chi connectivity index (χ4n) is 3.25. The third kappa shape index (κ3) is 5.04. The van der Waals surface area contributed by atoms with Crippen LogP contribution in [0.3, 0.4) is 0 Å². The fraction of sp³-hybridized carbons (Fsp3) is 0.409. The van der Waals surface area contributed by atoms with Gasteiger partial charge in [0.15, 0.2) is 0 Å². The Hall–Kier alpha value is -3.09. The summed E-state index contributed by atoms with van der Waals surface area (Å²) in [5.41, 5.74) is 0.525. The van der Waals surface area contributed by atoms with Crippen LogP contribution in [-0.4, -0.2) is 41.0 Å². The van der Waals surface area contributed by atoms with Crippen molar-refractivity contribution in [1.29, 1.82) is 0 Å². The van der Waals surface area contributed by atoms with Crippen LogP contribution in [0, 0.1) is 0 Å². The van der Waals surface area contributed by atoms with Crippen molar-refractivity contribution in [3.8, 4) is 5.75 Å². The van der Waals surface area contributed by atoms with Gasteiger partial charge in [-0.05, 0) is 49.6 Å². The quantitative estimate of drug-likeness (QED) is 0.728. The maximum atomic E-state index is 12.6. The molecule has 1 aromatic heterocycles. The molecular formula is C22H27N3O4. The van der Waals surface area contributed by atoms with Crippen LogP contribution >= 0.6 is 0 Å². The monoisotopic (exact) mass is 397 g/mol. The number of ether oxygens (including phenoxy) is 1. The van der Waals surface area contributed by atoms with Crippen molar-refractivity contribution in [3.63, 3.8) is 0 Å². The maximum Gasteiger partial charge on any atom is 0.274 e. The van der Waals surface area contributed by atoms with E-state index in [0.717, 1.165) is 38.8 Å². The number of carbonyl (C=O) groups excluding carboxylic acids is 2. The van der Waals surface area contributed by atoms with Crippen molar-refractivity contribution in [1.82, 2.24) is 9.47 Å². The van der Waals surface area contributed by atoms with E-state index in [1.54, 1.807) is 36.2 Å². The normalized spacial score (nSPS) is 13.4. The fourth-order valence-corrected chi connectivity index (χ4v) is 3.25. The third-order valence-corrected chi connectivity index (χ3v) is 4.95. The summed E-state index contributed by atoms with van der Waals surface area (Å²) in [5, 5.41) is 2.64. The molecule has 29 heavy (non-hydrogen) atoms. The zero-order chi connectivity index (χ0) is 20.8. The number of hydrogen-bond acceptors (Lipinski definition) is 4. The van der Waals surface area contributed by atoms with Crippen LogP contribution in [0.4, 0.5) is 5.69 Å². The lowest BCUT2D eigenvalue weighted by molar-refractivity contribution is 0.0791. The van der Waals surface area contributed by atoms with Gasteiger partial charge in [0.1, 0.15) is 11.4 Å². The predicted octanol–water partition coefficient (Wildman–Crippen LogP) is 3.05. The van der Waals surface area contributed by atoms with Crippen LogP contribution in [0.2, 0.25) is 0 Å². The van der Waals surface area contributed by atoms with Gasteiger partial charge in [-0.3, -0.25) is 14.4 Å². The second-order valence-corrected chi connectivity index (χ2v) is 7.24. The number of aromatic nitrogens is 1. The molecule has 1 fully saturated rings. The zero-order valence-corrected chi connectivity index (χ0v) is 16.9. The maximum absolute atomic E-state index is 12.6. The van der Waals surface area contributed by atoms with Gasteiger partial charge in [0.2, 0.25) is 0 Å². The second-order valence-electron chi connectivity index (χ2n) is 7.24. The van der Waals surface area contributed by atoms with Gasteiger partial charge in [0.25, 0.3) is 17.4 Å². The zero-order valence-electron chi connectivity index (χ0n) is 16.9. The first kappa shape index (κ1) is 20.6. The molecule has 2 aromatic rings. The van der Waals surface area contributed by atoms with Crippen LogP contribution in [-0.2, 0) is 7.05 Å². The molecule has 1 aliphatic heterocycles. The van der Waals surface area contributed by atoms with Crippen molar-refractivity contribution in [2.75, 3.05) is 25.0 Å². The number of benzene rings is 1. The number of hydrogen-bond donors (Lipinski definition) is 1. The average Bonchev–Trinajstić information content (AvgIpc) is 3.26. The molecule has 1 aromatic carbocycles. The number of rotatable bonds is 7. The molecule has 0 unspecified atom stereocenters. The Kier molecular flexibility index (Phi) is 6.69. The molecule has 2 amide bonds. The first-order chi connectivity index (χ1) is 14.0. The van der Waals surface area contributed by atoms with E-state index in [-0.39, 0.29) is 17.2 Å². The number of amides is 2. The largest absolute Gasteiger partial charge is 0.494 e. The minimum absolute atomic E-state index is 0.0887. The van der Waals surface area contributed by atoms with Gasteiger partial charge in [-0.15, -0.1) is 0 Å². The Bertz CT molecular complexity index is 928. The highest BCUT2D eigenvalue weighted by molar-refractivity contribution is 6.05. The molecule has 7 nitrogen and oxygen atoms in total. The number of anilines is 1. The van der Waals surface area contributed by atoms with Crippen molar-refractivity contribution in [2.24, 2.45) is 7.05 Å². The summed E-state index contributed by atoms with van der Waals surface area (Å²) in [4.78, 5) is 39.4. The third-order valence-electron chi connectivity index (χ3n) is 4.95. The highest BCUT2D eigenvalue weighted by Crippen LogP contribution is 2.16. The van der Waals surface area contributed by atoms with E-state index in [1.165, 1.54) is 16.8 Å². The minimum Gasteiger partial charge on any atom is -0.494 e. The van der Waals surface area contributed by atoms with Crippen LogP contribution in [0.15, 0.2) is 41.3 Å². The highest BCUT2D eigenvalue weighted by atomic mass is 16.5. The number of nitrogens with one attached hydrogen (secondary N) is 1. The van der Waals surface area contributed by atoms with Gasteiger partial charge >= 0.3 is 0 Å². The first-order valence-electron chi connectivity index (χ1n) is 10.0. The molecule has 154 valence electrons. The summed E-state index contributed by atoms with van der Waals surface area (Å²) < 4.78 is 6.92. The van der Waals surface area contributed by atoms with Gasteiger partial charge in [-0.2, -0.15) is 0 Å². The summed E-state index contributed by atoms with van der Waals surface area (Å²) in [7, 11) is 1.57. The smallest absolute Gasteiger partial charge is 0.274 e. The number of unbranched alkanes of at least 4 members (excludes halogenated alkanes) is 1. The minimum atomic E-state index is -0.409. The van der Waals surface area contributed by atoms with Crippen molar-refractivity contribution < 1.29 is 14.3 Å². The molecule has 2 heterocycles. The van der Waals surface area contributed by atoms with Gasteiger partial charge < -0.3 is 19.5 Å². The van der Waals surface area contributed by atoms with Gasteiger partial charge in [-0.1, -0.05) is 13.3 Å². The van der Waals surface area contributed by atoms with E-state index in [2.05, 4.69) is 12.2 Å². The molecule has 0 bridgehead atoms. The summed E-state index contributed by atoms with van der Waals surface area (Å²) in [5.74, 6) is 0.166. The van der Waals surface area contributed by atoms with E-state index >= 15 is 0 Å². The molecule has 1 saturated heterocycles. The van der Waals surface area contributed by atoms with E-state index in [9.17, 15) is 14.4 Å². The van der Waals surface area contributed by atoms with Crippen molar-refractivity contribution in [2.45, 2.75) is 32.6 Å². The number of carbonyl (C=O) groups is 2. The molecule has 0 atom stereocenters. The Morgan fingerprint density at radius 2 is 1.79 bits per heavy atom. The average molecular weight is 397 g/mol. The van der Waals surface area contributed by atoms with E-state index in [4.69, 9.17) is 4.74 Å². The van der Waals surface area contributed by atoms with Crippen LogP contribution in [0.25, 0.3) is 0 Å². The highest BCUT2D eigenvalue weighted by Gasteiger charge is 2.21. The van der Waals surface area contributed by atoms with Crippen molar-refractivity contribution in [3.05, 3.63) is 58.0 Å². The molecule has 1 N–H and O–H groups in total. The Labute approximate surface area is 170 Å². The molecule has 0 spiro atoms. The summed E-state index contributed by atoms with van der Waals surface area (Å²) in [6, 6.07) is 8.23. The topological polar surface area (TPSA) is 80.6 Å². The Balaban J connectivity index is 1.74. The Morgan fingerprint density at radius 1 is 1.10 bits per heavy atom. The SMILES string of the molecule is CCCCOc1ccc(C(=O)Nc2cc(C(=O)N3CCCC3)cn(C)c2=O)cc1. The van der Waals surface area contributed by atoms with E-state index in [1.807, 2.05) is 0 Å². The molecule has 0 aliphatic carbocycles. The van der Waals surface area contributed by atoms with E-state index in [0.29, 0.717) is 23.5 Å². The lowest BCUT2D eigenvalue weighted by Crippen LogP contribution is -2.30.